The predicted octanol–water partition coefficient (Wildman–Crippen LogP) is 2.63. The van der Waals surface area contributed by atoms with Gasteiger partial charge in [0.2, 0.25) is 0 Å². The first-order valence-corrected chi connectivity index (χ1v) is 6.86. The van der Waals surface area contributed by atoms with Gasteiger partial charge in [0.05, 0.1) is 23.3 Å². The van der Waals surface area contributed by atoms with Gasteiger partial charge in [0.25, 0.3) is 0 Å². The molecule has 0 atom stereocenters. The molecule has 1 aromatic carbocycles. The Hall–Kier alpha value is -2.89. The largest absolute Gasteiger partial charge is 0.477 e. The Balaban J connectivity index is 2.12. The second kappa shape index (κ2) is 5.14. The van der Waals surface area contributed by atoms with Crippen molar-refractivity contribution in [3.8, 4) is 11.3 Å². The van der Waals surface area contributed by atoms with Crippen molar-refractivity contribution in [2.45, 2.75) is 13.5 Å². The lowest BCUT2D eigenvalue weighted by atomic mass is 10.1. The fourth-order valence-electron chi connectivity index (χ4n) is 2.47. The quantitative estimate of drug-likeness (QED) is 0.751. The molecule has 0 saturated carbocycles. The van der Waals surface area contributed by atoms with E-state index in [2.05, 4.69) is 16.7 Å². The molecule has 0 spiro atoms. The topological polar surface area (TPSA) is 72.9 Å². The van der Waals surface area contributed by atoms with Gasteiger partial charge >= 0.3 is 5.97 Å². The summed E-state index contributed by atoms with van der Waals surface area (Å²) >= 11 is 0. The number of imidazole rings is 1. The van der Waals surface area contributed by atoms with Gasteiger partial charge in [-0.15, -0.1) is 6.58 Å². The summed E-state index contributed by atoms with van der Waals surface area (Å²) in [6.07, 6.45) is 1.62. The van der Waals surface area contributed by atoms with E-state index in [1.54, 1.807) is 12.1 Å². The maximum absolute atomic E-state index is 11.3. The van der Waals surface area contributed by atoms with Crippen LogP contribution in [-0.4, -0.2) is 30.4 Å². The molecule has 2 aromatic heterocycles. The molecule has 6 nitrogen and oxygen atoms in total. The number of carbonyl (C=O) groups is 1. The highest BCUT2D eigenvalue weighted by atomic mass is 16.4. The van der Waals surface area contributed by atoms with Crippen molar-refractivity contribution in [2.24, 2.45) is 7.05 Å². The van der Waals surface area contributed by atoms with Crippen LogP contribution in [0.2, 0.25) is 0 Å². The lowest BCUT2D eigenvalue weighted by Gasteiger charge is -2.00. The Bertz CT molecular complexity index is 889. The fourth-order valence-corrected chi connectivity index (χ4v) is 2.47. The van der Waals surface area contributed by atoms with Gasteiger partial charge in [0, 0.05) is 12.6 Å². The highest BCUT2D eigenvalue weighted by molar-refractivity contribution is 5.88. The molecule has 0 aliphatic heterocycles. The van der Waals surface area contributed by atoms with Crippen molar-refractivity contribution in [2.75, 3.05) is 0 Å². The smallest absolute Gasteiger partial charge is 0.354 e. The maximum atomic E-state index is 11.3. The van der Waals surface area contributed by atoms with Gasteiger partial charge in [-0.3, -0.25) is 4.68 Å². The van der Waals surface area contributed by atoms with E-state index in [0.717, 1.165) is 22.4 Å². The van der Waals surface area contributed by atoms with Crippen LogP contribution < -0.4 is 0 Å². The minimum absolute atomic E-state index is 0.146. The van der Waals surface area contributed by atoms with Crippen LogP contribution in [0.4, 0.5) is 0 Å². The normalized spacial score (nSPS) is 11.0. The summed E-state index contributed by atoms with van der Waals surface area (Å²) in [6, 6.07) is 7.39. The molecule has 0 fully saturated rings. The lowest BCUT2D eigenvalue weighted by Crippen LogP contribution is -2.08. The second-order valence-corrected chi connectivity index (χ2v) is 5.11. The first-order chi connectivity index (χ1) is 10.5. The number of benzene rings is 1. The van der Waals surface area contributed by atoms with Crippen LogP contribution in [0.25, 0.3) is 22.3 Å². The number of nitrogens with zero attached hydrogens (tertiary/aromatic N) is 4. The Kier molecular flexibility index (Phi) is 3.29. The molecule has 0 radical (unpaired) electrons. The average Bonchev–Trinajstić information content (AvgIpc) is 3.02. The molecule has 6 heteroatoms. The third kappa shape index (κ3) is 2.18. The van der Waals surface area contributed by atoms with Crippen LogP contribution in [0.5, 0.6) is 0 Å². The van der Waals surface area contributed by atoms with E-state index in [1.165, 1.54) is 4.68 Å². The number of hydrogen-bond acceptors (Lipinski definition) is 3. The Morgan fingerprint density at radius 3 is 2.86 bits per heavy atom. The Labute approximate surface area is 127 Å². The zero-order chi connectivity index (χ0) is 15.9. The molecule has 0 aliphatic rings. The number of rotatable bonds is 4. The third-order valence-corrected chi connectivity index (χ3v) is 3.70. The van der Waals surface area contributed by atoms with Gasteiger partial charge in [-0.05, 0) is 25.1 Å². The minimum Gasteiger partial charge on any atom is -0.477 e. The van der Waals surface area contributed by atoms with Crippen molar-refractivity contribution < 1.29 is 9.90 Å². The molecule has 0 amide bonds. The molecule has 0 unspecified atom stereocenters. The number of aryl methyl sites for hydroxylation is 2. The Morgan fingerprint density at radius 1 is 1.41 bits per heavy atom. The zero-order valence-corrected chi connectivity index (χ0v) is 12.4. The second-order valence-electron chi connectivity index (χ2n) is 5.11. The molecule has 22 heavy (non-hydrogen) atoms. The van der Waals surface area contributed by atoms with Crippen molar-refractivity contribution >= 4 is 17.0 Å². The fraction of sp³-hybridized carbons (Fsp3) is 0.188. The van der Waals surface area contributed by atoms with E-state index in [1.807, 2.05) is 36.7 Å². The van der Waals surface area contributed by atoms with E-state index in [4.69, 9.17) is 0 Å². The summed E-state index contributed by atoms with van der Waals surface area (Å²) in [5.74, 6) is -0.0779. The number of aromatic nitrogens is 4. The minimum atomic E-state index is -1.00. The molecule has 0 aliphatic carbocycles. The standard InChI is InChI=1S/C16H16N4O2/c1-4-7-20-15(16(21)22)9-12(18-20)11-5-6-14-13(8-11)17-10(2)19(14)3/h4-6,8-9H,1,7H2,2-3H3,(H,21,22). The van der Waals surface area contributed by atoms with E-state index in [9.17, 15) is 9.90 Å². The van der Waals surface area contributed by atoms with Crippen LogP contribution in [0.3, 0.4) is 0 Å². The van der Waals surface area contributed by atoms with Crippen molar-refractivity contribution in [3.63, 3.8) is 0 Å². The number of allylic oxidation sites excluding steroid dienone is 1. The summed E-state index contributed by atoms with van der Waals surface area (Å²) in [5.41, 5.74) is 3.51. The summed E-state index contributed by atoms with van der Waals surface area (Å²) in [5, 5.41) is 13.6. The van der Waals surface area contributed by atoms with Gasteiger partial charge in [-0.1, -0.05) is 12.1 Å². The van der Waals surface area contributed by atoms with Crippen LogP contribution in [0, 0.1) is 6.92 Å². The van der Waals surface area contributed by atoms with Crippen LogP contribution in [0.15, 0.2) is 36.9 Å². The van der Waals surface area contributed by atoms with Crippen molar-refractivity contribution in [1.82, 2.24) is 19.3 Å². The molecule has 0 bridgehead atoms. The molecule has 2 heterocycles. The SMILES string of the molecule is C=CCn1nc(-c2ccc3c(c2)nc(C)n3C)cc1C(=O)O. The summed E-state index contributed by atoms with van der Waals surface area (Å²) in [6.45, 7) is 5.92. The van der Waals surface area contributed by atoms with E-state index >= 15 is 0 Å². The maximum Gasteiger partial charge on any atom is 0.354 e. The van der Waals surface area contributed by atoms with Gasteiger partial charge in [-0.25, -0.2) is 9.78 Å². The van der Waals surface area contributed by atoms with Crippen molar-refractivity contribution in [3.05, 3.63) is 48.4 Å². The van der Waals surface area contributed by atoms with E-state index in [0.29, 0.717) is 12.2 Å². The molecule has 0 saturated heterocycles. The van der Waals surface area contributed by atoms with Gasteiger partial charge in [-0.2, -0.15) is 5.10 Å². The number of aromatic carboxylic acids is 1. The molecule has 3 aromatic rings. The third-order valence-electron chi connectivity index (χ3n) is 3.70. The number of carboxylic acids is 1. The average molecular weight is 296 g/mol. The number of hydrogen-bond donors (Lipinski definition) is 1. The first kappa shape index (κ1) is 14.1. The van der Waals surface area contributed by atoms with Crippen LogP contribution in [-0.2, 0) is 13.6 Å². The highest BCUT2D eigenvalue weighted by Gasteiger charge is 2.15. The molecular formula is C16H16N4O2. The lowest BCUT2D eigenvalue weighted by molar-refractivity contribution is 0.0684. The zero-order valence-electron chi connectivity index (χ0n) is 12.4. The van der Waals surface area contributed by atoms with Crippen LogP contribution in [0.1, 0.15) is 16.3 Å². The summed E-state index contributed by atoms with van der Waals surface area (Å²) in [4.78, 5) is 15.8. The van der Waals surface area contributed by atoms with Gasteiger partial charge < -0.3 is 9.67 Å². The number of carboxylic acid groups (broad SMARTS) is 1. The van der Waals surface area contributed by atoms with E-state index in [-0.39, 0.29) is 5.69 Å². The van der Waals surface area contributed by atoms with E-state index < -0.39 is 5.97 Å². The van der Waals surface area contributed by atoms with Crippen molar-refractivity contribution in [1.29, 1.82) is 0 Å². The number of fused-ring (bicyclic) bond motifs is 1. The highest BCUT2D eigenvalue weighted by Crippen LogP contribution is 2.24. The van der Waals surface area contributed by atoms with Gasteiger partial charge in [0.1, 0.15) is 11.5 Å². The Morgan fingerprint density at radius 2 is 2.18 bits per heavy atom. The first-order valence-electron chi connectivity index (χ1n) is 6.86. The van der Waals surface area contributed by atoms with Crippen LogP contribution >= 0.6 is 0 Å². The summed E-state index contributed by atoms with van der Waals surface area (Å²) < 4.78 is 3.44. The predicted molar refractivity (Wildman–Crippen MR) is 83.8 cm³/mol. The monoisotopic (exact) mass is 296 g/mol. The molecule has 3 rings (SSSR count). The van der Waals surface area contributed by atoms with Gasteiger partial charge in [0.15, 0.2) is 0 Å². The summed E-state index contributed by atoms with van der Waals surface area (Å²) in [7, 11) is 1.96. The molecule has 112 valence electrons. The molecule has 1 N–H and O–H groups in total. The molecular weight excluding hydrogens is 280 g/mol.